The second-order valence-corrected chi connectivity index (χ2v) is 9.55. The molecular formula is C23H16BrClN4O3S. The van der Waals surface area contributed by atoms with Gasteiger partial charge in [-0.2, -0.15) is 0 Å². The zero-order valence-electron chi connectivity index (χ0n) is 16.9. The summed E-state index contributed by atoms with van der Waals surface area (Å²) in [6.45, 7) is 0. The van der Waals surface area contributed by atoms with Crippen LogP contribution in [0.5, 0.6) is 11.5 Å². The van der Waals surface area contributed by atoms with Crippen LogP contribution in [0.1, 0.15) is 17.3 Å². The molecule has 0 fully saturated rings. The fraction of sp³-hybridized carbons (Fsp3) is 0.0870. The monoisotopic (exact) mass is 542 g/mol. The Labute approximate surface area is 206 Å². The first-order chi connectivity index (χ1) is 15.9. The summed E-state index contributed by atoms with van der Waals surface area (Å²) in [5.74, 6) is -0.351. The Hall–Kier alpha value is -3.01. The van der Waals surface area contributed by atoms with Crippen molar-refractivity contribution in [2.24, 2.45) is 10.1 Å². The van der Waals surface area contributed by atoms with Crippen molar-refractivity contribution in [3.63, 3.8) is 0 Å². The van der Waals surface area contributed by atoms with Crippen LogP contribution in [0.4, 0.5) is 0 Å². The van der Waals surface area contributed by atoms with Crippen LogP contribution in [0.25, 0.3) is 5.70 Å². The van der Waals surface area contributed by atoms with Gasteiger partial charge in [-0.3, -0.25) is 15.1 Å². The maximum absolute atomic E-state index is 13.2. The van der Waals surface area contributed by atoms with E-state index < -0.39 is 6.17 Å². The fourth-order valence-corrected chi connectivity index (χ4v) is 5.23. The number of aromatic hydroxyl groups is 2. The number of para-hydroxylation sites is 1. The lowest BCUT2D eigenvalue weighted by molar-refractivity contribution is -0.116. The van der Waals surface area contributed by atoms with Crippen molar-refractivity contribution in [3.05, 3.63) is 91.9 Å². The predicted octanol–water partition coefficient (Wildman–Crippen LogP) is 3.59. The van der Waals surface area contributed by atoms with Crippen molar-refractivity contribution < 1.29 is 15.0 Å². The average molecular weight is 544 g/mol. The highest BCUT2D eigenvalue weighted by Gasteiger charge is 2.35. The van der Waals surface area contributed by atoms with Gasteiger partial charge in [0, 0.05) is 21.6 Å². The van der Waals surface area contributed by atoms with Crippen LogP contribution < -0.4 is 15.9 Å². The summed E-state index contributed by atoms with van der Waals surface area (Å²) in [5.41, 5.74) is 1.84. The van der Waals surface area contributed by atoms with E-state index >= 15 is 0 Å². The molecule has 2 heterocycles. The van der Waals surface area contributed by atoms with E-state index in [9.17, 15) is 15.0 Å². The van der Waals surface area contributed by atoms with Gasteiger partial charge in [0.1, 0.15) is 5.70 Å². The molecule has 5 rings (SSSR count). The van der Waals surface area contributed by atoms with Crippen LogP contribution in [-0.2, 0) is 10.5 Å². The van der Waals surface area contributed by atoms with Crippen LogP contribution >= 0.6 is 39.3 Å². The third kappa shape index (κ3) is 4.07. The van der Waals surface area contributed by atoms with Crippen molar-refractivity contribution >= 4 is 56.1 Å². The zero-order chi connectivity index (χ0) is 23.1. The number of rotatable bonds is 3. The molecule has 2 aliphatic heterocycles. The van der Waals surface area contributed by atoms with Crippen molar-refractivity contribution in [3.8, 4) is 11.5 Å². The number of hydrazone groups is 1. The largest absolute Gasteiger partial charge is 0.504 e. The molecule has 0 saturated heterocycles. The molecule has 3 aromatic carbocycles. The molecule has 0 spiro atoms. The molecule has 0 radical (unpaired) electrons. The number of amidine groups is 1. The van der Waals surface area contributed by atoms with Gasteiger partial charge in [-0.15, -0.1) is 5.10 Å². The summed E-state index contributed by atoms with van der Waals surface area (Å²) in [6, 6.07) is 17.9. The standard InChI is InChI=1S/C23H16BrClN4O3S/c24-15-9-13(10-18(30)20(15)31)21-26-17-8-4-2-6-14(17)19-22(32)27-23(28-29(19)21)33-11-12-5-1-3-7-16(12)25/h1-10,21,30-31H,11H2,(H,27,28,32). The Morgan fingerprint density at radius 2 is 1.88 bits per heavy atom. The van der Waals surface area contributed by atoms with Crippen molar-refractivity contribution in [2.75, 3.05) is 0 Å². The maximum atomic E-state index is 13.2. The van der Waals surface area contributed by atoms with Crippen LogP contribution in [0.15, 0.2) is 75.2 Å². The van der Waals surface area contributed by atoms with E-state index in [1.807, 2.05) is 48.5 Å². The highest BCUT2D eigenvalue weighted by Crippen LogP contribution is 2.39. The lowest BCUT2D eigenvalue weighted by Crippen LogP contribution is -2.50. The number of halogens is 2. The molecule has 0 aliphatic carbocycles. The molecule has 1 atom stereocenters. The quantitative estimate of drug-likeness (QED) is 0.439. The molecule has 0 bridgehead atoms. The number of hydrogen-bond donors (Lipinski definition) is 3. The smallest absolute Gasteiger partial charge is 0.276 e. The number of nitrogens with zero attached hydrogens (tertiary/aromatic N) is 3. The molecule has 7 nitrogen and oxygen atoms in total. The first-order valence-electron chi connectivity index (χ1n) is 9.86. The molecule has 166 valence electrons. The third-order valence-corrected chi connectivity index (χ3v) is 7.09. The average Bonchev–Trinajstić information content (AvgIpc) is 2.81. The number of thioether (sulfide) groups is 1. The van der Waals surface area contributed by atoms with Gasteiger partial charge in [0.2, 0.25) is 0 Å². The number of amides is 1. The van der Waals surface area contributed by atoms with Crippen LogP contribution in [0.3, 0.4) is 0 Å². The molecule has 1 amide bonds. The Bertz CT molecular complexity index is 1420. The minimum Gasteiger partial charge on any atom is -0.504 e. The van der Waals surface area contributed by atoms with Crippen LogP contribution in [0.2, 0.25) is 5.02 Å². The summed E-state index contributed by atoms with van der Waals surface area (Å²) >= 11 is 10.9. The molecule has 0 aromatic heterocycles. The normalized spacial score (nSPS) is 17.0. The van der Waals surface area contributed by atoms with E-state index in [-0.39, 0.29) is 17.4 Å². The van der Waals surface area contributed by atoms with Gasteiger partial charge >= 0.3 is 0 Å². The van der Waals surface area contributed by atoms with E-state index in [1.165, 1.54) is 17.8 Å². The van der Waals surface area contributed by atoms with Crippen molar-refractivity contribution in [2.45, 2.75) is 11.9 Å². The van der Waals surface area contributed by atoms with Crippen LogP contribution in [0, 0.1) is 0 Å². The van der Waals surface area contributed by atoms with Gasteiger partial charge in [0.05, 0.1) is 9.83 Å². The molecule has 3 N–H and O–H groups in total. The summed E-state index contributed by atoms with van der Waals surface area (Å²) in [7, 11) is 0. The SMILES string of the molecule is O=C1NC(SCc2ccccc2Cl)=NN2C1=c1ccccc1=NC2c1cc(O)c(O)c(Br)c1. The Morgan fingerprint density at radius 3 is 2.67 bits per heavy atom. The zero-order valence-corrected chi connectivity index (χ0v) is 20.0. The van der Waals surface area contributed by atoms with Gasteiger partial charge in [-0.25, -0.2) is 5.01 Å². The van der Waals surface area contributed by atoms with Gasteiger partial charge in [0.25, 0.3) is 5.91 Å². The summed E-state index contributed by atoms with van der Waals surface area (Å²) in [4.78, 5) is 18.0. The highest BCUT2D eigenvalue weighted by atomic mass is 79.9. The number of nitrogens with one attached hydrogen (secondary N) is 1. The van der Waals surface area contributed by atoms with E-state index in [0.717, 1.165) is 5.56 Å². The number of benzene rings is 3. The van der Waals surface area contributed by atoms with Crippen LogP contribution in [-0.4, -0.2) is 26.3 Å². The van der Waals surface area contributed by atoms with E-state index in [2.05, 4.69) is 26.3 Å². The van der Waals surface area contributed by atoms with Gasteiger partial charge in [-0.05, 0) is 45.8 Å². The number of carbonyl (C=O) groups excluding carboxylic acids is 1. The number of phenolic OH excluding ortho intramolecular Hbond substituents is 2. The molecule has 3 aromatic rings. The molecule has 2 aliphatic rings. The second kappa shape index (κ2) is 8.74. The van der Waals surface area contributed by atoms with Gasteiger partial charge in [-0.1, -0.05) is 59.8 Å². The molecular weight excluding hydrogens is 528 g/mol. The van der Waals surface area contributed by atoms with E-state index in [0.29, 0.717) is 42.3 Å². The molecule has 1 unspecified atom stereocenters. The fourth-order valence-electron chi connectivity index (χ4n) is 3.63. The highest BCUT2D eigenvalue weighted by molar-refractivity contribution is 9.10. The minimum atomic E-state index is -0.723. The van der Waals surface area contributed by atoms with Crippen molar-refractivity contribution in [1.29, 1.82) is 0 Å². The summed E-state index contributed by atoms with van der Waals surface area (Å²) < 4.78 is 0.312. The Morgan fingerprint density at radius 1 is 1.12 bits per heavy atom. The Balaban J connectivity index is 1.59. The number of phenols is 2. The molecule has 0 saturated carbocycles. The first-order valence-corrected chi connectivity index (χ1v) is 12.0. The third-order valence-electron chi connectivity index (χ3n) is 5.20. The molecule has 10 heteroatoms. The number of fused-ring (bicyclic) bond motifs is 2. The lowest BCUT2D eigenvalue weighted by Gasteiger charge is -2.34. The summed E-state index contributed by atoms with van der Waals surface area (Å²) in [5, 5.41) is 31.6. The maximum Gasteiger partial charge on any atom is 0.276 e. The Kier molecular flexibility index (Phi) is 5.77. The summed E-state index contributed by atoms with van der Waals surface area (Å²) in [6.07, 6.45) is -0.723. The minimum absolute atomic E-state index is 0.268. The predicted molar refractivity (Wildman–Crippen MR) is 131 cm³/mol. The number of hydrogen-bond acceptors (Lipinski definition) is 7. The molecule has 33 heavy (non-hydrogen) atoms. The van der Waals surface area contributed by atoms with Gasteiger partial charge in [0.15, 0.2) is 22.8 Å². The van der Waals surface area contributed by atoms with E-state index in [1.54, 1.807) is 11.1 Å². The second-order valence-electron chi connectivity index (χ2n) is 7.32. The number of carbonyl (C=O) groups is 1. The van der Waals surface area contributed by atoms with Crippen molar-refractivity contribution in [1.82, 2.24) is 10.3 Å². The van der Waals surface area contributed by atoms with Gasteiger partial charge < -0.3 is 10.2 Å². The first kappa shape index (κ1) is 21.8. The lowest BCUT2D eigenvalue weighted by atomic mass is 10.1. The topological polar surface area (TPSA) is 97.5 Å². The van der Waals surface area contributed by atoms with E-state index in [4.69, 9.17) is 16.6 Å².